The lowest BCUT2D eigenvalue weighted by Crippen LogP contribution is -2.27. The van der Waals surface area contributed by atoms with Gasteiger partial charge in [-0.05, 0) is 30.2 Å². The lowest BCUT2D eigenvalue weighted by atomic mass is 10.1. The molecule has 3 nitrogen and oxygen atoms in total. The predicted molar refractivity (Wildman–Crippen MR) is 82.9 cm³/mol. The first kappa shape index (κ1) is 15.0. The summed E-state index contributed by atoms with van der Waals surface area (Å²) in [4.78, 5) is 14.1. The van der Waals surface area contributed by atoms with E-state index in [1.165, 1.54) is 6.07 Å². The van der Waals surface area contributed by atoms with Gasteiger partial charge in [0.1, 0.15) is 5.82 Å². The molecule has 1 amide bonds. The molecule has 0 bridgehead atoms. The van der Waals surface area contributed by atoms with Crippen molar-refractivity contribution in [1.29, 1.82) is 0 Å². The SMILES string of the molecule is CNc1c(F)cccc1C(=O)N(C)Cc1ccccc1C. The monoisotopic (exact) mass is 286 g/mol. The van der Waals surface area contributed by atoms with Gasteiger partial charge in [0.05, 0.1) is 11.3 Å². The number of nitrogens with zero attached hydrogens (tertiary/aromatic N) is 1. The number of nitrogens with one attached hydrogen (secondary N) is 1. The van der Waals surface area contributed by atoms with Gasteiger partial charge >= 0.3 is 0 Å². The fraction of sp³-hybridized carbons (Fsp3) is 0.235. The van der Waals surface area contributed by atoms with E-state index in [9.17, 15) is 9.18 Å². The average molecular weight is 286 g/mol. The third-order valence-electron chi connectivity index (χ3n) is 3.51. The molecule has 4 heteroatoms. The standard InChI is InChI=1S/C17H19FN2O/c1-12-7-4-5-8-13(12)11-20(3)17(21)14-9-6-10-15(18)16(14)19-2/h4-10,19H,11H2,1-3H3. The Morgan fingerprint density at radius 2 is 1.90 bits per heavy atom. The number of anilines is 1. The molecule has 2 rings (SSSR count). The van der Waals surface area contributed by atoms with E-state index in [-0.39, 0.29) is 11.6 Å². The van der Waals surface area contributed by atoms with E-state index in [1.807, 2.05) is 31.2 Å². The summed E-state index contributed by atoms with van der Waals surface area (Å²) in [6, 6.07) is 12.4. The minimum Gasteiger partial charge on any atom is -0.385 e. The summed E-state index contributed by atoms with van der Waals surface area (Å²) in [5, 5.41) is 2.75. The van der Waals surface area contributed by atoms with E-state index in [2.05, 4.69) is 5.32 Å². The maximum absolute atomic E-state index is 13.7. The van der Waals surface area contributed by atoms with E-state index >= 15 is 0 Å². The second-order valence-electron chi connectivity index (χ2n) is 5.00. The molecule has 0 aromatic heterocycles. The number of para-hydroxylation sites is 1. The zero-order chi connectivity index (χ0) is 15.4. The van der Waals surface area contributed by atoms with Crippen LogP contribution >= 0.6 is 0 Å². The van der Waals surface area contributed by atoms with E-state index in [4.69, 9.17) is 0 Å². The number of carbonyl (C=O) groups is 1. The molecule has 0 atom stereocenters. The third kappa shape index (κ3) is 3.21. The number of rotatable bonds is 4. The lowest BCUT2D eigenvalue weighted by molar-refractivity contribution is 0.0785. The molecular weight excluding hydrogens is 267 g/mol. The Kier molecular flexibility index (Phi) is 4.58. The molecule has 0 aliphatic heterocycles. The van der Waals surface area contributed by atoms with Crippen LogP contribution in [0.15, 0.2) is 42.5 Å². The molecule has 0 aliphatic carbocycles. The summed E-state index contributed by atoms with van der Waals surface area (Å²) in [6.07, 6.45) is 0. The van der Waals surface area contributed by atoms with Crippen molar-refractivity contribution >= 4 is 11.6 Å². The van der Waals surface area contributed by atoms with Gasteiger partial charge in [-0.15, -0.1) is 0 Å². The molecule has 0 radical (unpaired) electrons. The largest absolute Gasteiger partial charge is 0.385 e. The summed E-state index contributed by atoms with van der Waals surface area (Å²) < 4.78 is 13.7. The second kappa shape index (κ2) is 6.39. The van der Waals surface area contributed by atoms with Crippen molar-refractivity contribution in [2.45, 2.75) is 13.5 Å². The van der Waals surface area contributed by atoms with Gasteiger partial charge in [-0.2, -0.15) is 0 Å². The van der Waals surface area contributed by atoms with Crippen LogP contribution in [0, 0.1) is 12.7 Å². The smallest absolute Gasteiger partial charge is 0.256 e. The van der Waals surface area contributed by atoms with Crippen LogP contribution in [0.1, 0.15) is 21.5 Å². The Morgan fingerprint density at radius 3 is 2.57 bits per heavy atom. The first-order valence-electron chi connectivity index (χ1n) is 6.81. The highest BCUT2D eigenvalue weighted by Crippen LogP contribution is 2.21. The van der Waals surface area contributed by atoms with Crippen LogP contribution in [0.5, 0.6) is 0 Å². The van der Waals surface area contributed by atoms with Crippen LogP contribution in [0.3, 0.4) is 0 Å². The van der Waals surface area contributed by atoms with Gasteiger partial charge in [0.15, 0.2) is 0 Å². The highest BCUT2D eigenvalue weighted by atomic mass is 19.1. The summed E-state index contributed by atoms with van der Waals surface area (Å²) in [6.45, 7) is 2.50. The van der Waals surface area contributed by atoms with Crippen molar-refractivity contribution in [1.82, 2.24) is 4.90 Å². The summed E-state index contributed by atoms with van der Waals surface area (Å²) >= 11 is 0. The Hall–Kier alpha value is -2.36. The van der Waals surface area contributed by atoms with Gasteiger partial charge < -0.3 is 10.2 Å². The first-order valence-corrected chi connectivity index (χ1v) is 6.81. The van der Waals surface area contributed by atoms with Crippen molar-refractivity contribution in [2.75, 3.05) is 19.4 Å². The van der Waals surface area contributed by atoms with Crippen LogP contribution in [0.4, 0.5) is 10.1 Å². The summed E-state index contributed by atoms with van der Waals surface area (Å²) in [7, 11) is 3.33. The molecule has 1 N–H and O–H groups in total. The quantitative estimate of drug-likeness (QED) is 0.933. The van der Waals surface area contributed by atoms with E-state index in [1.54, 1.807) is 31.1 Å². The van der Waals surface area contributed by atoms with Gasteiger partial charge in [-0.3, -0.25) is 4.79 Å². The molecular formula is C17H19FN2O. The van der Waals surface area contributed by atoms with E-state index in [0.29, 0.717) is 12.1 Å². The molecule has 21 heavy (non-hydrogen) atoms. The highest BCUT2D eigenvalue weighted by Gasteiger charge is 2.18. The number of aryl methyl sites for hydroxylation is 1. The molecule has 0 saturated carbocycles. The van der Waals surface area contributed by atoms with Crippen molar-refractivity contribution in [3.63, 3.8) is 0 Å². The molecule has 110 valence electrons. The number of halogens is 1. The fourth-order valence-electron chi connectivity index (χ4n) is 2.28. The summed E-state index contributed by atoms with van der Waals surface area (Å²) in [5.74, 6) is -0.630. The Bertz CT molecular complexity index is 655. The van der Waals surface area contributed by atoms with E-state index < -0.39 is 5.82 Å². The number of hydrogen-bond donors (Lipinski definition) is 1. The minimum atomic E-state index is -0.423. The van der Waals surface area contributed by atoms with Gasteiger partial charge in [0.2, 0.25) is 0 Å². The van der Waals surface area contributed by atoms with Crippen molar-refractivity contribution in [3.8, 4) is 0 Å². The zero-order valence-electron chi connectivity index (χ0n) is 12.5. The molecule has 0 unspecified atom stereocenters. The van der Waals surface area contributed by atoms with Crippen LogP contribution in [-0.2, 0) is 6.54 Å². The van der Waals surface area contributed by atoms with Crippen LogP contribution in [-0.4, -0.2) is 24.9 Å². The number of benzene rings is 2. The molecule has 2 aromatic rings. The van der Waals surface area contributed by atoms with Gasteiger partial charge in [0, 0.05) is 20.6 Å². The molecule has 0 spiro atoms. The zero-order valence-corrected chi connectivity index (χ0v) is 12.5. The minimum absolute atomic E-state index is 0.206. The topological polar surface area (TPSA) is 32.3 Å². The molecule has 0 aliphatic rings. The molecule has 2 aromatic carbocycles. The maximum Gasteiger partial charge on any atom is 0.256 e. The lowest BCUT2D eigenvalue weighted by Gasteiger charge is -2.20. The molecule has 0 fully saturated rings. The molecule has 0 saturated heterocycles. The Morgan fingerprint density at radius 1 is 1.19 bits per heavy atom. The van der Waals surface area contributed by atoms with Gasteiger partial charge in [-0.25, -0.2) is 4.39 Å². The van der Waals surface area contributed by atoms with Crippen molar-refractivity contribution < 1.29 is 9.18 Å². The summed E-state index contributed by atoms with van der Waals surface area (Å²) in [5.41, 5.74) is 2.79. The van der Waals surface area contributed by atoms with Crippen LogP contribution in [0.2, 0.25) is 0 Å². The van der Waals surface area contributed by atoms with Gasteiger partial charge in [0.25, 0.3) is 5.91 Å². The first-order chi connectivity index (χ1) is 10.0. The predicted octanol–water partition coefficient (Wildman–Crippen LogP) is 3.45. The average Bonchev–Trinajstić information content (AvgIpc) is 2.48. The molecule has 0 heterocycles. The third-order valence-corrected chi connectivity index (χ3v) is 3.51. The number of hydrogen-bond acceptors (Lipinski definition) is 2. The normalized spacial score (nSPS) is 10.3. The Balaban J connectivity index is 2.24. The van der Waals surface area contributed by atoms with E-state index in [0.717, 1.165) is 11.1 Å². The maximum atomic E-state index is 13.7. The van der Waals surface area contributed by atoms with Crippen molar-refractivity contribution in [3.05, 3.63) is 65.0 Å². The van der Waals surface area contributed by atoms with Crippen molar-refractivity contribution in [2.24, 2.45) is 0 Å². The van der Waals surface area contributed by atoms with Crippen LogP contribution in [0.25, 0.3) is 0 Å². The fourth-order valence-corrected chi connectivity index (χ4v) is 2.28. The van der Waals surface area contributed by atoms with Gasteiger partial charge in [-0.1, -0.05) is 30.3 Å². The highest BCUT2D eigenvalue weighted by molar-refractivity contribution is 5.99. The second-order valence-corrected chi connectivity index (χ2v) is 5.00. The Labute approximate surface area is 124 Å². The number of amides is 1. The van der Waals surface area contributed by atoms with Crippen LogP contribution < -0.4 is 5.32 Å². The number of carbonyl (C=O) groups excluding carboxylic acids is 1.